The number of rotatable bonds is 4. The molecule has 0 radical (unpaired) electrons. The lowest BCUT2D eigenvalue weighted by Gasteiger charge is -2.29. The SMILES string of the molecule is CCOC(=O)c1cc(NC(=O)N2CCC(C(=O)O)CC2)cn1C. The van der Waals surface area contributed by atoms with E-state index < -0.39 is 11.9 Å². The van der Waals surface area contributed by atoms with Gasteiger partial charge < -0.3 is 24.6 Å². The third-order valence-electron chi connectivity index (χ3n) is 3.87. The standard InChI is InChI=1S/C15H21N3O5/c1-3-23-14(21)12-8-11(9-17(12)2)16-15(22)18-6-4-10(5-7-18)13(19)20/h8-10H,3-7H2,1-2H3,(H,16,22)(H,19,20). The molecule has 0 aliphatic carbocycles. The van der Waals surface area contributed by atoms with Crippen LogP contribution in [-0.2, 0) is 16.6 Å². The van der Waals surface area contributed by atoms with Crippen molar-refractivity contribution in [3.8, 4) is 0 Å². The van der Waals surface area contributed by atoms with Crippen molar-refractivity contribution in [1.82, 2.24) is 9.47 Å². The van der Waals surface area contributed by atoms with E-state index in [-0.39, 0.29) is 18.6 Å². The Morgan fingerprint density at radius 3 is 2.57 bits per heavy atom. The maximum Gasteiger partial charge on any atom is 0.355 e. The summed E-state index contributed by atoms with van der Waals surface area (Å²) in [4.78, 5) is 36.4. The van der Waals surface area contributed by atoms with Gasteiger partial charge in [0.1, 0.15) is 5.69 Å². The Morgan fingerprint density at radius 2 is 2.00 bits per heavy atom. The lowest BCUT2D eigenvalue weighted by molar-refractivity contribution is -0.143. The van der Waals surface area contributed by atoms with Crippen LogP contribution in [0.4, 0.5) is 10.5 Å². The van der Waals surface area contributed by atoms with Crippen molar-refractivity contribution < 1.29 is 24.2 Å². The lowest BCUT2D eigenvalue weighted by atomic mass is 9.97. The number of carbonyl (C=O) groups excluding carboxylic acids is 2. The van der Waals surface area contributed by atoms with Crippen molar-refractivity contribution in [1.29, 1.82) is 0 Å². The number of likely N-dealkylation sites (tertiary alicyclic amines) is 1. The fraction of sp³-hybridized carbons (Fsp3) is 0.533. The highest BCUT2D eigenvalue weighted by molar-refractivity contribution is 5.93. The number of carbonyl (C=O) groups is 3. The molecule has 0 bridgehead atoms. The number of amides is 2. The number of carboxylic acid groups (broad SMARTS) is 1. The minimum Gasteiger partial charge on any atom is -0.481 e. The summed E-state index contributed by atoms with van der Waals surface area (Å²) in [5, 5.41) is 11.7. The summed E-state index contributed by atoms with van der Waals surface area (Å²) in [6.45, 7) is 2.81. The van der Waals surface area contributed by atoms with Crippen LogP contribution in [0.25, 0.3) is 0 Å². The van der Waals surface area contributed by atoms with Gasteiger partial charge in [-0.1, -0.05) is 0 Å². The molecule has 0 spiro atoms. The number of esters is 1. The Hall–Kier alpha value is -2.51. The van der Waals surface area contributed by atoms with Crippen LogP contribution in [0, 0.1) is 5.92 Å². The summed E-state index contributed by atoms with van der Waals surface area (Å²) in [5.74, 6) is -1.64. The molecule has 8 heteroatoms. The molecule has 1 saturated heterocycles. The zero-order valence-corrected chi connectivity index (χ0v) is 13.2. The number of piperidine rings is 1. The molecule has 2 rings (SSSR count). The lowest BCUT2D eigenvalue weighted by Crippen LogP contribution is -2.42. The number of nitrogens with one attached hydrogen (secondary N) is 1. The molecule has 0 aromatic carbocycles. The minimum atomic E-state index is -0.813. The molecule has 0 atom stereocenters. The average molecular weight is 323 g/mol. The highest BCUT2D eigenvalue weighted by atomic mass is 16.5. The first kappa shape index (κ1) is 16.9. The highest BCUT2D eigenvalue weighted by Gasteiger charge is 2.27. The van der Waals surface area contributed by atoms with Crippen molar-refractivity contribution in [2.24, 2.45) is 13.0 Å². The van der Waals surface area contributed by atoms with E-state index in [1.807, 2.05) is 0 Å². The molecule has 23 heavy (non-hydrogen) atoms. The number of urea groups is 1. The Balaban J connectivity index is 1.95. The van der Waals surface area contributed by atoms with Crippen LogP contribution < -0.4 is 5.32 Å². The number of hydrogen-bond acceptors (Lipinski definition) is 4. The topological polar surface area (TPSA) is 101 Å². The molecule has 1 aliphatic heterocycles. The van der Waals surface area contributed by atoms with E-state index in [2.05, 4.69) is 5.32 Å². The summed E-state index contributed by atoms with van der Waals surface area (Å²) in [5.41, 5.74) is 0.854. The van der Waals surface area contributed by atoms with Crippen molar-refractivity contribution in [3.05, 3.63) is 18.0 Å². The molecule has 126 valence electrons. The molecule has 2 amide bonds. The van der Waals surface area contributed by atoms with Crippen molar-refractivity contribution in [2.75, 3.05) is 25.0 Å². The van der Waals surface area contributed by atoms with Crippen LogP contribution in [0.15, 0.2) is 12.3 Å². The van der Waals surface area contributed by atoms with Gasteiger partial charge in [-0.25, -0.2) is 9.59 Å². The maximum atomic E-state index is 12.2. The summed E-state index contributed by atoms with van der Waals surface area (Å²) in [6.07, 6.45) is 2.53. The molecule has 2 N–H and O–H groups in total. The van der Waals surface area contributed by atoms with Gasteiger partial charge in [0.2, 0.25) is 0 Å². The molecule has 1 aromatic heterocycles. The van der Waals surface area contributed by atoms with E-state index in [1.54, 1.807) is 35.7 Å². The van der Waals surface area contributed by atoms with Crippen molar-refractivity contribution in [2.45, 2.75) is 19.8 Å². The second kappa shape index (κ2) is 7.17. The Morgan fingerprint density at radius 1 is 1.35 bits per heavy atom. The summed E-state index contributed by atoms with van der Waals surface area (Å²) >= 11 is 0. The second-order valence-electron chi connectivity index (χ2n) is 5.48. The van der Waals surface area contributed by atoms with Crippen LogP contribution in [0.2, 0.25) is 0 Å². The van der Waals surface area contributed by atoms with Crippen LogP contribution in [0.5, 0.6) is 0 Å². The fourth-order valence-electron chi connectivity index (χ4n) is 2.57. The third-order valence-corrected chi connectivity index (χ3v) is 3.87. The van der Waals surface area contributed by atoms with E-state index in [1.165, 1.54) is 0 Å². The number of aliphatic carboxylic acids is 1. The highest BCUT2D eigenvalue weighted by Crippen LogP contribution is 2.19. The van der Waals surface area contributed by atoms with Gasteiger partial charge >= 0.3 is 18.0 Å². The van der Waals surface area contributed by atoms with Crippen LogP contribution in [0.1, 0.15) is 30.3 Å². The van der Waals surface area contributed by atoms with Gasteiger partial charge in [-0.2, -0.15) is 0 Å². The number of aryl methyl sites for hydroxylation is 1. The number of aromatic nitrogens is 1. The monoisotopic (exact) mass is 323 g/mol. The Bertz CT molecular complexity index is 602. The van der Waals surface area contributed by atoms with Crippen molar-refractivity contribution in [3.63, 3.8) is 0 Å². The Labute approximate surface area is 134 Å². The van der Waals surface area contributed by atoms with Crippen LogP contribution >= 0.6 is 0 Å². The van der Waals surface area contributed by atoms with Gasteiger partial charge in [0.15, 0.2) is 0 Å². The number of ether oxygens (including phenoxy) is 1. The second-order valence-corrected chi connectivity index (χ2v) is 5.48. The van der Waals surface area contributed by atoms with Gasteiger partial charge in [-0.3, -0.25) is 4.79 Å². The van der Waals surface area contributed by atoms with Gasteiger partial charge in [0.25, 0.3) is 0 Å². The molecule has 1 fully saturated rings. The fourth-order valence-corrected chi connectivity index (χ4v) is 2.57. The molecular formula is C15H21N3O5. The first-order chi connectivity index (χ1) is 10.9. The molecule has 0 unspecified atom stereocenters. The molecule has 1 aromatic rings. The minimum absolute atomic E-state index is 0.282. The van der Waals surface area contributed by atoms with Crippen LogP contribution in [-0.4, -0.2) is 52.2 Å². The van der Waals surface area contributed by atoms with E-state index in [4.69, 9.17) is 9.84 Å². The number of anilines is 1. The quantitative estimate of drug-likeness (QED) is 0.818. The van der Waals surface area contributed by atoms with Crippen LogP contribution in [0.3, 0.4) is 0 Å². The van der Waals surface area contributed by atoms with E-state index in [0.717, 1.165) is 0 Å². The largest absolute Gasteiger partial charge is 0.481 e. The van der Waals surface area contributed by atoms with Gasteiger partial charge in [-0.05, 0) is 25.8 Å². The predicted octanol–water partition coefficient (Wildman–Crippen LogP) is 1.53. The number of carboxylic acids is 1. The smallest absolute Gasteiger partial charge is 0.355 e. The molecule has 2 heterocycles. The Kier molecular flexibility index (Phi) is 5.25. The summed E-state index contributed by atoms with van der Waals surface area (Å²) in [7, 11) is 1.69. The maximum absolute atomic E-state index is 12.2. The normalized spacial score (nSPS) is 15.3. The average Bonchev–Trinajstić information content (AvgIpc) is 2.88. The zero-order chi connectivity index (χ0) is 17.0. The molecular weight excluding hydrogens is 302 g/mol. The zero-order valence-electron chi connectivity index (χ0n) is 13.2. The van der Waals surface area contributed by atoms with Gasteiger partial charge in [0.05, 0.1) is 18.2 Å². The van der Waals surface area contributed by atoms with Crippen molar-refractivity contribution >= 4 is 23.7 Å². The van der Waals surface area contributed by atoms with E-state index >= 15 is 0 Å². The first-order valence-corrected chi connectivity index (χ1v) is 7.54. The van der Waals surface area contributed by atoms with Gasteiger partial charge in [0, 0.05) is 26.3 Å². The number of nitrogens with zero attached hydrogens (tertiary/aromatic N) is 2. The molecule has 1 aliphatic rings. The predicted molar refractivity (Wildman–Crippen MR) is 82.3 cm³/mol. The summed E-state index contributed by atoms with van der Waals surface area (Å²) < 4.78 is 6.53. The molecule has 0 saturated carbocycles. The van der Waals surface area contributed by atoms with E-state index in [0.29, 0.717) is 37.3 Å². The number of hydrogen-bond donors (Lipinski definition) is 2. The molecule has 8 nitrogen and oxygen atoms in total. The first-order valence-electron chi connectivity index (χ1n) is 7.54. The summed E-state index contributed by atoms with van der Waals surface area (Å²) in [6, 6.07) is 1.26. The van der Waals surface area contributed by atoms with E-state index in [9.17, 15) is 14.4 Å². The van der Waals surface area contributed by atoms with Gasteiger partial charge in [-0.15, -0.1) is 0 Å². The third kappa shape index (κ3) is 4.02.